The summed E-state index contributed by atoms with van der Waals surface area (Å²) in [6, 6.07) is 7.82. The minimum absolute atomic E-state index is 0.0538. The summed E-state index contributed by atoms with van der Waals surface area (Å²) in [6.07, 6.45) is 0. The normalized spacial score (nSPS) is 10.5. The fourth-order valence-electron chi connectivity index (χ4n) is 1.84. The Hall–Kier alpha value is -1.84. The number of carbonyl (C=O) groups is 1. The van der Waals surface area contributed by atoms with Crippen molar-refractivity contribution in [2.24, 2.45) is 0 Å². The highest BCUT2D eigenvalue weighted by molar-refractivity contribution is 8.01. The fraction of sp³-hybridized carbons (Fsp3) is 0.438. The number of thioether (sulfide) groups is 1. The minimum atomic E-state index is -0.0538. The molecular weight excluding hydrogens is 360 g/mol. The van der Waals surface area contributed by atoms with Crippen molar-refractivity contribution in [3.8, 4) is 5.75 Å². The lowest BCUT2D eigenvalue weighted by Gasteiger charge is -2.07. The number of aromatic nitrogens is 2. The van der Waals surface area contributed by atoms with Gasteiger partial charge in [-0.1, -0.05) is 35.2 Å². The van der Waals surface area contributed by atoms with Crippen LogP contribution in [0.3, 0.4) is 0 Å². The number of aryl methyl sites for hydroxylation is 1. The summed E-state index contributed by atoms with van der Waals surface area (Å²) in [5.74, 6) is 1.06. The van der Waals surface area contributed by atoms with E-state index >= 15 is 0 Å². The molecule has 0 fully saturated rings. The maximum atomic E-state index is 11.8. The van der Waals surface area contributed by atoms with Crippen LogP contribution < -0.4 is 15.4 Å². The molecule has 0 radical (unpaired) electrons. The van der Waals surface area contributed by atoms with Crippen LogP contribution in [0.25, 0.3) is 0 Å². The average molecular weight is 383 g/mol. The summed E-state index contributed by atoms with van der Waals surface area (Å²) < 4.78 is 11.3. The summed E-state index contributed by atoms with van der Waals surface area (Å²) in [5, 5.41) is 14.7. The highest BCUT2D eigenvalue weighted by atomic mass is 32.2. The van der Waals surface area contributed by atoms with Crippen LogP contribution in [0.2, 0.25) is 0 Å². The minimum Gasteiger partial charge on any atom is -0.492 e. The maximum absolute atomic E-state index is 11.8. The number of hydrogen-bond acceptors (Lipinski definition) is 8. The van der Waals surface area contributed by atoms with E-state index in [1.54, 1.807) is 7.11 Å². The third-order valence-corrected chi connectivity index (χ3v) is 5.01. The molecule has 1 aromatic carbocycles. The Labute approximate surface area is 155 Å². The molecule has 0 saturated heterocycles. The van der Waals surface area contributed by atoms with E-state index in [4.69, 9.17) is 9.47 Å². The molecule has 2 N–H and O–H groups in total. The van der Waals surface area contributed by atoms with Gasteiger partial charge in [-0.3, -0.25) is 4.79 Å². The molecule has 7 nitrogen and oxygen atoms in total. The first-order chi connectivity index (χ1) is 12.2. The number of methoxy groups -OCH3 is 1. The molecule has 2 rings (SSSR count). The monoisotopic (exact) mass is 382 g/mol. The van der Waals surface area contributed by atoms with Crippen LogP contribution >= 0.6 is 23.1 Å². The van der Waals surface area contributed by atoms with Crippen LogP contribution in [0, 0.1) is 6.92 Å². The molecule has 25 heavy (non-hydrogen) atoms. The van der Waals surface area contributed by atoms with Crippen molar-refractivity contribution in [1.82, 2.24) is 15.5 Å². The zero-order chi connectivity index (χ0) is 17.9. The van der Waals surface area contributed by atoms with Gasteiger partial charge in [0.15, 0.2) is 4.34 Å². The van der Waals surface area contributed by atoms with E-state index in [-0.39, 0.29) is 5.91 Å². The van der Waals surface area contributed by atoms with E-state index in [0.29, 0.717) is 32.1 Å². The van der Waals surface area contributed by atoms with Crippen molar-refractivity contribution in [1.29, 1.82) is 0 Å². The van der Waals surface area contributed by atoms with Crippen molar-refractivity contribution in [2.45, 2.75) is 11.3 Å². The number of carbonyl (C=O) groups excluding carboxylic acids is 1. The Morgan fingerprint density at radius 2 is 2.16 bits per heavy atom. The SMILES string of the molecule is COCCNc1nnc(SCC(=O)NCCOc2cccc(C)c2)s1. The molecule has 1 aromatic heterocycles. The molecule has 2 aromatic rings. The van der Waals surface area contributed by atoms with Crippen LogP contribution in [0.4, 0.5) is 5.13 Å². The van der Waals surface area contributed by atoms with Gasteiger partial charge in [0.1, 0.15) is 12.4 Å². The number of nitrogens with one attached hydrogen (secondary N) is 2. The van der Waals surface area contributed by atoms with E-state index < -0.39 is 0 Å². The van der Waals surface area contributed by atoms with Crippen molar-refractivity contribution < 1.29 is 14.3 Å². The second kappa shape index (κ2) is 10.9. The van der Waals surface area contributed by atoms with E-state index in [2.05, 4.69) is 20.8 Å². The predicted molar refractivity (Wildman–Crippen MR) is 101 cm³/mol. The van der Waals surface area contributed by atoms with Crippen molar-refractivity contribution in [3.63, 3.8) is 0 Å². The Kier molecular flexibility index (Phi) is 8.50. The van der Waals surface area contributed by atoms with Crippen LogP contribution in [-0.4, -0.2) is 55.3 Å². The molecule has 0 atom stereocenters. The first kappa shape index (κ1) is 19.5. The largest absolute Gasteiger partial charge is 0.492 e. The molecule has 0 saturated carbocycles. The number of rotatable bonds is 11. The lowest BCUT2D eigenvalue weighted by atomic mass is 10.2. The highest BCUT2D eigenvalue weighted by Gasteiger charge is 2.07. The molecule has 0 aliphatic heterocycles. The number of anilines is 1. The zero-order valence-electron chi connectivity index (χ0n) is 14.3. The molecule has 0 unspecified atom stereocenters. The fourth-order valence-corrected chi connectivity index (χ4v) is 3.45. The smallest absolute Gasteiger partial charge is 0.230 e. The van der Waals surface area contributed by atoms with E-state index in [1.165, 1.54) is 23.1 Å². The molecule has 136 valence electrons. The summed E-state index contributed by atoms with van der Waals surface area (Å²) in [7, 11) is 1.65. The third kappa shape index (κ3) is 7.72. The molecule has 0 bridgehead atoms. The van der Waals surface area contributed by atoms with E-state index in [0.717, 1.165) is 20.8 Å². The average Bonchev–Trinajstić information content (AvgIpc) is 3.05. The topological polar surface area (TPSA) is 85.4 Å². The molecule has 0 aliphatic carbocycles. The van der Waals surface area contributed by atoms with Gasteiger partial charge < -0.3 is 20.1 Å². The number of hydrogen-bond donors (Lipinski definition) is 2. The third-order valence-electron chi connectivity index (χ3n) is 3.00. The van der Waals surface area contributed by atoms with Crippen molar-refractivity contribution in [2.75, 3.05) is 44.5 Å². The van der Waals surface area contributed by atoms with Crippen LogP contribution in [0.15, 0.2) is 28.6 Å². The second-order valence-electron chi connectivity index (χ2n) is 5.10. The summed E-state index contributed by atoms with van der Waals surface area (Å²) in [4.78, 5) is 11.8. The second-order valence-corrected chi connectivity index (χ2v) is 7.30. The van der Waals surface area contributed by atoms with Crippen LogP contribution in [-0.2, 0) is 9.53 Å². The molecule has 9 heteroatoms. The first-order valence-corrected chi connectivity index (χ1v) is 9.63. The molecular formula is C16H22N4O3S2. The van der Waals surface area contributed by atoms with Gasteiger partial charge in [-0.15, -0.1) is 10.2 Å². The summed E-state index contributed by atoms with van der Waals surface area (Å²) in [5.41, 5.74) is 1.14. The Balaban J connectivity index is 1.59. The quantitative estimate of drug-likeness (QED) is 0.455. The maximum Gasteiger partial charge on any atom is 0.230 e. The van der Waals surface area contributed by atoms with Gasteiger partial charge in [0.2, 0.25) is 11.0 Å². The zero-order valence-corrected chi connectivity index (χ0v) is 15.9. The Bertz CT molecular complexity index is 666. The van der Waals surface area contributed by atoms with Gasteiger partial charge in [0.05, 0.1) is 18.9 Å². The molecule has 0 spiro atoms. The Morgan fingerprint density at radius 1 is 1.28 bits per heavy atom. The first-order valence-electron chi connectivity index (χ1n) is 7.82. The number of nitrogens with zero attached hydrogens (tertiary/aromatic N) is 2. The Morgan fingerprint density at radius 3 is 2.96 bits per heavy atom. The van der Waals surface area contributed by atoms with E-state index in [1.807, 2.05) is 31.2 Å². The van der Waals surface area contributed by atoms with Gasteiger partial charge >= 0.3 is 0 Å². The number of amides is 1. The van der Waals surface area contributed by atoms with Crippen molar-refractivity contribution in [3.05, 3.63) is 29.8 Å². The predicted octanol–water partition coefficient (Wildman–Crippen LogP) is 2.19. The molecule has 1 heterocycles. The lowest BCUT2D eigenvalue weighted by Crippen LogP contribution is -2.29. The van der Waals surface area contributed by atoms with Gasteiger partial charge in [-0.25, -0.2) is 0 Å². The molecule has 0 aliphatic rings. The van der Waals surface area contributed by atoms with Crippen LogP contribution in [0.5, 0.6) is 5.75 Å². The van der Waals surface area contributed by atoms with Gasteiger partial charge in [-0.05, 0) is 24.6 Å². The standard InChI is InChI=1S/C16H22N4O3S2/c1-12-4-3-5-13(10-12)23-9-7-17-14(21)11-24-16-20-19-15(25-16)18-6-8-22-2/h3-5,10H,6-9,11H2,1-2H3,(H,17,21)(H,18,19). The summed E-state index contributed by atoms with van der Waals surface area (Å²) >= 11 is 2.79. The number of benzene rings is 1. The van der Waals surface area contributed by atoms with Gasteiger partial charge in [0.25, 0.3) is 0 Å². The number of ether oxygens (including phenoxy) is 2. The lowest BCUT2D eigenvalue weighted by molar-refractivity contribution is -0.118. The van der Waals surface area contributed by atoms with Crippen molar-refractivity contribution >= 4 is 34.1 Å². The van der Waals surface area contributed by atoms with E-state index in [9.17, 15) is 4.79 Å². The van der Waals surface area contributed by atoms with Crippen LogP contribution in [0.1, 0.15) is 5.56 Å². The summed E-state index contributed by atoms with van der Waals surface area (Å²) in [6.45, 7) is 4.20. The molecule has 1 amide bonds. The highest BCUT2D eigenvalue weighted by Crippen LogP contribution is 2.24. The van der Waals surface area contributed by atoms with Gasteiger partial charge in [-0.2, -0.15) is 0 Å². The van der Waals surface area contributed by atoms with Gasteiger partial charge in [0, 0.05) is 13.7 Å².